The van der Waals surface area contributed by atoms with Gasteiger partial charge < -0.3 is 14.6 Å². The lowest BCUT2D eigenvalue weighted by Crippen LogP contribution is -2.26. The smallest absolute Gasteiger partial charge is 0.335 e. The number of benzene rings is 1. The first-order chi connectivity index (χ1) is 10.2. The summed E-state index contributed by atoms with van der Waals surface area (Å²) in [6.45, 7) is 7.72. The van der Waals surface area contributed by atoms with E-state index in [0.717, 1.165) is 5.56 Å². The van der Waals surface area contributed by atoms with Crippen molar-refractivity contribution in [3.05, 3.63) is 28.8 Å². The van der Waals surface area contributed by atoms with E-state index >= 15 is 0 Å². The summed E-state index contributed by atoms with van der Waals surface area (Å²) in [4.78, 5) is 22.6. The Morgan fingerprint density at radius 2 is 1.82 bits per heavy atom. The number of carbonyl (C=O) groups is 2. The van der Waals surface area contributed by atoms with Crippen molar-refractivity contribution in [3.8, 4) is 5.75 Å². The summed E-state index contributed by atoms with van der Waals surface area (Å²) in [6, 6.07) is 3.36. The Kier molecular flexibility index (Phi) is 5.97. The highest BCUT2D eigenvalue weighted by atomic mass is 16.5. The van der Waals surface area contributed by atoms with Crippen molar-refractivity contribution in [1.29, 1.82) is 0 Å². The van der Waals surface area contributed by atoms with Crippen molar-refractivity contribution in [2.75, 3.05) is 13.7 Å². The van der Waals surface area contributed by atoms with Gasteiger partial charge in [-0.2, -0.15) is 0 Å². The second-order valence-corrected chi connectivity index (χ2v) is 6.07. The van der Waals surface area contributed by atoms with Gasteiger partial charge in [0.1, 0.15) is 5.75 Å². The molecule has 0 heterocycles. The fourth-order valence-corrected chi connectivity index (χ4v) is 2.25. The van der Waals surface area contributed by atoms with Gasteiger partial charge in [-0.15, -0.1) is 0 Å². The molecule has 0 aliphatic carbocycles. The summed E-state index contributed by atoms with van der Waals surface area (Å²) in [7, 11) is 1.39. The van der Waals surface area contributed by atoms with Gasteiger partial charge in [0, 0.05) is 0 Å². The molecule has 0 fully saturated rings. The van der Waals surface area contributed by atoms with Crippen LogP contribution in [0.2, 0.25) is 0 Å². The second kappa shape index (κ2) is 7.29. The summed E-state index contributed by atoms with van der Waals surface area (Å²) in [5, 5.41) is 9.08. The summed E-state index contributed by atoms with van der Waals surface area (Å²) in [5.74, 6) is -0.490. The summed E-state index contributed by atoms with van der Waals surface area (Å²) in [5.41, 5.74) is 1.21. The van der Waals surface area contributed by atoms with Crippen LogP contribution in [0.25, 0.3) is 0 Å². The zero-order valence-corrected chi connectivity index (χ0v) is 13.9. The number of carboxylic acid groups (broad SMARTS) is 1. The number of aryl methyl sites for hydroxylation is 2. The van der Waals surface area contributed by atoms with Crippen molar-refractivity contribution < 1.29 is 24.2 Å². The lowest BCUT2D eigenvalue weighted by molar-refractivity contribution is -0.151. The molecule has 0 saturated heterocycles. The Morgan fingerprint density at radius 1 is 1.18 bits per heavy atom. The van der Waals surface area contributed by atoms with E-state index in [1.165, 1.54) is 7.11 Å². The monoisotopic (exact) mass is 308 g/mol. The number of rotatable bonds is 7. The first-order valence-corrected chi connectivity index (χ1v) is 7.25. The molecule has 0 aliphatic rings. The van der Waals surface area contributed by atoms with E-state index in [-0.39, 0.29) is 11.5 Å². The second-order valence-electron chi connectivity index (χ2n) is 6.07. The number of esters is 1. The minimum atomic E-state index is -0.938. The Bertz CT molecular complexity index is 560. The van der Waals surface area contributed by atoms with Crippen LogP contribution in [0.5, 0.6) is 5.75 Å². The van der Waals surface area contributed by atoms with Gasteiger partial charge in [0.2, 0.25) is 0 Å². The molecule has 5 heteroatoms. The SMILES string of the molecule is COC(=O)C(C)(C)CCCOc1cc(C)c(C(=O)O)cc1C. The Labute approximate surface area is 131 Å². The molecule has 0 unspecified atom stereocenters. The van der Waals surface area contributed by atoms with Gasteiger partial charge in [-0.1, -0.05) is 0 Å². The fraction of sp³-hybridized carbons (Fsp3) is 0.529. The highest BCUT2D eigenvalue weighted by Gasteiger charge is 2.27. The maximum atomic E-state index is 11.6. The van der Waals surface area contributed by atoms with E-state index in [1.54, 1.807) is 19.1 Å². The number of carbonyl (C=O) groups excluding carboxylic acids is 1. The van der Waals surface area contributed by atoms with Gasteiger partial charge >= 0.3 is 11.9 Å². The third kappa shape index (κ3) is 4.48. The Hall–Kier alpha value is -2.04. The van der Waals surface area contributed by atoms with Crippen LogP contribution in [0.1, 0.15) is 48.2 Å². The third-order valence-electron chi connectivity index (χ3n) is 3.69. The summed E-state index contributed by atoms with van der Waals surface area (Å²) < 4.78 is 10.5. The quantitative estimate of drug-likeness (QED) is 0.617. The van der Waals surface area contributed by atoms with Gasteiger partial charge in [-0.05, 0) is 63.8 Å². The van der Waals surface area contributed by atoms with Crippen molar-refractivity contribution in [3.63, 3.8) is 0 Å². The number of aromatic carboxylic acids is 1. The zero-order chi connectivity index (χ0) is 16.9. The third-order valence-corrected chi connectivity index (χ3v) is 3.69. The van der Waals surface area contributed by atoms with Crippen LogP contribution >= 0.6 is 0 Å². The largest absolute Gasteiger partial charge is 0.493 e. The number of carboxylic acids is 1. The number of ether oxygens (including phenoxy) is 2. The standard InChI is InChI=1S/C17H24O5/c1-11-10-14(12(2)9-13(11)15(18)19)22-8-6-7-17(3,4)16(20)21-5/h9-10H,6-8H2,1-5H3,(H,18,19). The lowest BCUT2D eigenvalue weighted by atomic mass is 9.88. The van der Waals surface area contributed by atoms with E-state index < -0.39 is 11.4 Å². The zero-order valence-electron chi connectivity index (χ0n) is 13.9. The molecule has 0 spiro atoms. The topological polar surface area (TPSA) is 72.8 Å². The highest BCUT2D eigenvalue weighted by molar-refractivity contribution is 5.89. The average Bonchev–Trinajstić information content (AvgIpc) is 2.45. The Morgan fingerprint density at radius 3 is 2.36 bits per heavy atom. The molecular weight excluding hydrogens is 284 g/mol. The van der Waals surface area contributed by atoms with Crippen LogP contribution in [-0.2, 0) is 9.53 Å². The van der Waals surface area contributed by atoms with Crippen molar-refractivity contribution in [2.45, 2.75) is 40.5 Å². The van der Waals surface area contributed by atoms with Crippen LogP contribution in [0, 0.1) is 19.3 Å². The van der Waals surface area contributed by atoms with Crippen LogP contribution in [0.15, 0.2) is 12.1 Å². The van der Waals surface area contributed by atoms with Gasteiger partial charge in [0.05, 0.1) is 24.7 Å². The molecule has 0 amide bonds. The lowest BCUT2D eigenvalue weighted by Gasteiger charge is -2.21. The predicted octanol–water partition coefficient (Wildman–Crippen LogP) is 3.36. The first-order valence-electron chi connectivity index (χ1n) is 7.25. The molecular formula is C17H24O5. The molecule has 0 aromatic heterocycles. The van der Waals surface area contributed by atoms with E-state index in [0.29, 0.717) is 30.8 Å². The first kappa shape index (κ1) is 18.0. The molecule has 0 bridgehead atoms. The van der Waals surface area contributed by atoms with Crippen molar-refractivity contribution in [2.24, 2.45) is 5.41 Å². The molecule has 5 nitrogen and oxygen atoms in total. The van der Waals surface area contributed by atoms with Gasteiger partial charge in [0.25, 0.3) is 0 Å². The van der Waals surface area contributed by atoms with Gasteiger partial charge in [0.15, 0.2) is 0 Å². The van der Waals surface area contributed by atoms with E-state index in [9.17, 15) is 9.59 Å². The fourth-order valence-electron chi connectivity index (χ4n) is 2.25. The molecule has 1 aromatic rings. The maximum absolute atomic E-state index is 11.6. The normalized spacial score (nSPS) is 11.1. The van der Waals surface area contributed by atoms with Gasteiger partial charge in [-0.25, -0.2) is 4.79 Å². The molecule has 1 rings (SSSR count). The van der Waals surface area contributed by atoms with Crippen LogP contribution in [0.4, 0.5) is 0 Å². The summed E-state index contributed by atoms with van der Waals surface area (Å²) >= 11 is 0. The Balaban J connectivity index is 2.61. The minimum Gasteiger partial charge on any atom is -0.493 e. The molecule has 0 aliphatic heterocycles. The molecule has 122 valence electrons. The van der Waals surface area contributed by atoms with Gasteiger partial charge in [-0.3, -0.25) is 4.79 Å². The van der Waals surface area contributed by atoms with E-state index in [1.807, 2.05) is 20.8 Å². The van der Waals surface area contributed by atoms with E-state index in [4.69, 9.17) is 14.6 Å². The van der Waals surface area contributed by atoms with Crippen LogP contribution in [-0.4, -0.2) is 30.8 Å². The van der Waals surface area contributed by atoms with Crippen molar-refractivity contribution >= 4 is 11.9 Å². The number of hydrogen-bond donors (Lipinski definition) is 1. The molecule has 0 atom stereocenters. The van der Waals surface area contributed by atoms with Crippen LogP contribution < -0.4 is 4.74 Å². The average molecular weight is 308 g/mol. The summed E-state index contributed by atoms with van der Waals surface area (Å²) in [6.07, 6.45) is 1.37. The minimum absolute atomic E-state index is 0.231. The molecule has 1 N–H and O–H groups in total. The number of methoxy groups -OCH3 is 1. The molecule has 0 saturated carbocycles. The van der Waals surface area contributed by atoms with Crippen LogP contribution in [0.3, 0.4) is 0 Å². The van der Waals surface area contributed by atoms with Crippen molar-refractivity contribution in [1.82, 2.24) is 0 Å². The molecule has 1 aromatic carbocycles. The molecule has 0 radical (unpaired) electrons. The number of hydrogen-bond acceptors (Lipinski definition) is 4. The highest BCUT2D eigenvalue weighted by Crippen LogP contribution is 2.26. The van der Waals surface area contributed by atoms with E-state index in [2.05, 4.69) is 0 Å². The molecule has 22 heavy (non-hydrogen) atoms. The maximum Gasteiger partial charge on any atom is 0.335 e. The predicted molar refractivity (Wildman–Crippen MR) is 83.4 cm³/mol.